The van der Waals surface area contributed by atoms with Crippen molar-refractivity contribution in [3.8, 4) is 11.5 Å². The fourth-order valence-corrected chi connectivity index (χ4v) is 2.67. The quantitative estimate of drug-likeness (QED) is 0.780. The van der Waals surface area contributed by atoms with Crippen molar-refractivity contribution in [3.05, 3.63) is 23.3 Å². The molecule has 18 heavy (non-hydrogen) atoms. The van der Waals surface area contributed by atoms with Gasteiger partial charge in [0.1, 0.15) is 0 Å². The van der Waals surface area contributed by atoms with Gasteiger partial charge in [-0.05, 0) is 42.6 Å². The summed E-state index contributed by atoms with van der Waals surface area (Å²) in [7, 11) is 3.38. The Labute approximate surface area is 117 Å². The molecule has 1 aliphatic heterocycles. The van der Waals surface area contributed by atoms with E-state index in [4.69, 9.17) is 9.47 Å². The zero-order chi connectivity index (χ0) is 13.0. The van der Waals surface area contributed by atoms with Gasteiger partial charge in [0.2, 0.25) is 0 Å². The minimum Gasteiger partial charge on any atom is -0.493 e. The van der Waals surface area contributed by atoms with Gasteiger partial charge in [-0.3, -0.25) is 4.90 Å². The topological polar surface area (TPSA) is 21.7 Å². The van der Waals surface area contributed by atoms with Crippen LogP contribution < -0.4 is 9.47 Å². The first-order chi connectivity index (χ1) is 8.78. The summed E-state index contributed by atoms with van der Waals surface area (Å²) < 4.78 is 10.7. The van der Waals surface area contributed by atoms with Crippen LogP contribution in [-0.4, -0.2) is 37.5 Å². The molecule has 0 saturated carbocycles. The summed E-state index contributed by atoms with van der Waals surface area (Å²) in [5.74, 6) is 1.67. The molecule has 100 valence electrons. The molecule has 0 atom stereocenters. The van der Waals surface area contributed by atoms with Gasteiger partial charge in [-0.1, -0.05) is 15.9 Å². The molecule has 0 N–H and O–H groups in total. The number of rotatable bonds is 5. The normalized spacial score (nSPS) is 15.3. The van der Waals surface area contributed by atoms with Crippen molar-refractivity contribution in [2.75, 3.05) is 32.6 Å². The van der Waals surface area contributed by atoms with E-state index in [9.17, 15) is 0 Å². The van der Waals surface area contributed by atoms with Crippen LogP contribution in [0.25, 0.3) is 0 Å². The fourth-order valence-electron chi connectivity index (χ4n) is 2.42. The Morgan fingerprint density at radius 1 is 1.17 bits per heavy atom. The monoisotopic (exact) mass is 313 g/mol. The van der Waals surface area contributed by atoms with E-state index >= 15 is 0 Å². The molecule has 1 aromatic rings. The van der Waals surface area contributed by atoms with Crippen molar-refractivity contribution in [3.63, 3.8) is 0 Å². The number of hydrogen-bond acceptors (Lipinski definition) is 3. The molecule has 4 heteroatoms. The predicted molar refractivity (Wildman–Crippen MR) is 76.9 cm³/mol. The summed E-state index contributed by atoms with van der Waals surface area (Å²) in [6.45, 7) is 3.30. The Morgan fingerprint density at radius 3 is 2.44 bits per heavy atom. The first-order valence-corrected chi connectivity index (χ1v) is 7.42. The van der Waals surface area contributed by atoms with Gasteiger partial charge in [0.15, 0.2) is 11.5 Å². The highest BCUT2D eigenvalue weighted by Crippen LogP contribution is 2.33. The van der Waals surface area contributed by atoms with Gasteiger partial charge in [-0.15, -0.1) is 0 Å². The summed E-state index contributed by atoms with van der Waals surface area (Å²) >= 11 is 3.49. The van der Waals surface area contributed by atoms with Crippen LogP contribution in [0.4, 0.5) is 0 Å². The molecule has 1 aromatic carbocycles. The molecule has 0 spiro atoms. The van der Waals surface area contributed by atoms with E-state index in [0.717, 1.165) is 42.9 Å². The third-order valence-corrected chi connectivity index (χ3v) is 3.97. The lowest BCUT2D eigenvalue weighted by Crippen LogP contribution is -2.31. The Morgan fingerprint density at radius 2 is 1.83 bits per heavy atom. The summed E-state index contributed by atoms with van der Waals surface area (Å²) in [4.78, 5) is 2.50. The second kappa shape index (κ2) is 6.43. The molecule has 0 unspecified atom stereocenters. The molecule has 0 aliphatic carbocycles. The van der Waals surface area contributed by atoms with E-state index in [0.29, 0.717) is 0 Å². The first-order valence-electron chi connectivity index (χ1n) is 6.30. The van der Waals surface area contributed by atoms with Crippen LogP contribution in [0.15, 0.2) is 12.1 Å². The van der Waals surface area contributed by atoms with Crippen molar-refractivity contribution in [2.24, 2.45) is 0 Å². The molecule has 0 saturated heterocycles. The smallest absolute Gasteiger partial charge is 0.161 e. The molecule has 0 aromatic heterocycles. The Kier molecular flexibility index (Phi) is 4.89. The molecule has 1 aliphatic rings. The van der Waals surface area contributed by atoms with E-state index in [1.807, 2.05) is 0 Å². The molecule has 2 rings (SSSR count). The van der Waals surface area contributed by atoms with Gasteiger partial charge in [0.25, 0.3) is 0 Å². The van der Waals surface area contributed by atoms with E-state index in [-0.39, 0.29) is 0 Å². The number of nitrogens with zero attached hydrogens (tertiary/aromatic N) is 1. The van der Waals surface area contributed by atoms with Crippen LogP contribution in [0.1, 0.15) is 17.5 Å². The summed E-state index contributed by atoms with van der Waals surface area (Å²) in [6.07, 6.45) is 2.29. The lowest BCUT2D eigenvalue weighted by atomic mass is 9.98. The SMILES string of the molecule is COc1cc2c(cc1OC)CN(CCCBr)CC2. The van der Waals surface area contributed by atoms with Crippen LogP contribution in [0, 0.1) is 0 Å². The first kappa shape index (κ1) is 13.7. The molecule has 0 radical (unpaired) electrons. The Hall–Kier alpha value is -0.740. The van der Waals surface area contributed by atoms with Gasteiger partial charge in [0, 0.05) is 18.4 Å². The third kappa shape index (κ3) is 2.98. The maximum atomic E-state index is 5.37. The maximum Gasteiger partial charge on any atom is 0.161 e. The van der Waals surface area contributed by atoms with Crippen LogP contribution in [-0.2, 0) is 13.0 Å². The lowest BCUT2D eigenvalue weighted by Gasteiger charge is -2.29. The minimum absolute atomic E-state index is 0.832. The van der Waals surface area contributed by atoms with E-state index < -0.39 is 0 Å². The van der Waals surface area contributed by atoms with Gasteiger partial charge in [-0.25, -0.2) is 0 Å². The highest BCUT2D eigenvalue weighted by atomic mass is 79.9. The van der Waals surface area contributed by atoms with Crippen molar-refractivity contribution in [2.45, 2.75) is 19.4 Å². The van der Waals surface area contributed by atoms with Crippen molar-refractivity contribution in [1.29, 1.82) is 0 Å². The standard InChI is InChI=1S/C14H20BrNO2/c1-17-13-8-11-4-7-16(6-3-5-15)10-12(11)9-14(13)18-2/h8-9H,3-7,10H2,1-2H3. The zero-order valence-corrected chi connectivity index (χ0v) is 12.6. The van der Waals surface area contributed by atoms with Crippen molar-refractivity contribution in [1.82, 2.24) is 4.90 Å². The number of halogens is 1. The van der Waals surface area contributed by atoms with E-state index in [1.54, 1.807) is 14.2 Å². The molecule has 0 fully saturated rings. The Balaban J connectivity index is 2.16. The maximum absolute atomic E-state index is 5.37. The number of fused-ring (bicyclic) bond motifs is 1. The van der Waals surface area contributed by atoms with Crippen molar-refractivity contribution < 1.29 is 9.47 Å². The van der Waals surface area contributed by atoms with Gasteiger partial charge in [-0.2, -0.15) is 0 Å². The summed E-state index contributed by atoms with van der Waals surface area (Å²) in [5.41, 5.74) is 2.76. The largest absolute Gasteiger partial charge is 0.493 e. The highest BCUT2D eigenvalue weighted by molar-refractivity contribution is 9.09. The highest BCUT2D eigenvalue weighted by Gasteiger charge is 2.18. The van der Waals surface area contributed by atoms with Crippen LogP contribution >= 0.6 is 15.9 Å². The number of alkyl halides is 1. The second-order valence-electron chi connectivity index (χ2n) is 4.54. The zero-order valence-electron chi connectivity index (χ0n) is 11.0. The van der Waals surface area contributed by atoms with E-state index in [1.165, 1.54) is 17.5 Å². The number of ether oxygens (including phenoxy) is 2. The lowest BCUT2D eigenvalue weighted by molar-refractivity contribution is 0.254. The Bertz CT molecular complexity index is 409. The third-order valence-electron chi connectivity index (χ3n) is 3.41. The molecule has 0 bridgehead atoms. The average molecular weight is 314 g/mol. The van der Waals surface area contributed by atoms with Gasteiger partial charge in [0.05, 0.1) is 14.2 Å². The number of hydrogen-bond donors (Lipinski definition) is 0. The van der Waals surface area contributed by atoms with Crippen molar-refractivity contribution >= 4 is 15.9 Å². The van der Waals surface area contributed by atoms with Gasteiger partial charge < -0.3 is 9.47 Å². The molecule has 3 nitrogen and oxygen atoms in total. The molecular weight excluding hydrogens is 294 g/mol. The number of methoxy groups -OCH3 is 2. The fraction of sp³-hybridized carbons (Fsp3) is 0.571. The number of benzene rings is 1. The molecule has 0 amide bonds. The second-order valence-corrected chi connectivity index (χ2v) is 5.34. The average Bonchev–Trinajstić information content (AvgIpc) is 2.43. The van der Waals surface area contributed by atoms with Gasteiger partial charge >= 0.3 is 0 Å². The van der Waals surface area contributed by atoms with Crippen LogP contribution in [0.2, 0.25) is 0 Å². The summed E-state index contributed by atoms with van der Waals surface area (Å²) in [6, 6.07) is 4.24. The van der Waals surface area contributed by atoms with Crippen LogP contribution in [0.5, 0.6) is 11.5 Å². The summed E-state index contributed by atoms with van der Waals surface area (Å²) in [5, 5.41) is 1.07. The molecule has 1 heterocycles. The van der Waals surface area contributed by atoms with Crippen LogP contribution in [0.3, 0.4) is 0 Å². The van der Waals surface area contributed by atoms with E-state index in [2.05, 4.69) is 33.0 Å². The predicted octanol–water partition coefficient (Wildman–Crippen LogP) is 2.85. The molecular formula is C14H20BrNO2. The minimum atomic E-state index is 0.832.